The summed E-state index contributed by atoms with van der Waals surface area (Å²) in [7, 11) is 0. The zero-order valence-corrected chi connectivity index (χ0v) is 30.7. The van der Waals surface area contributed by atoms with Crippen LogP contribution in [0.1, 0.15) is 106 Å². The van der Waals surface area contributed by atoms with Crippen LogP contribution in [0.4, 0.5) is 29.2 Å². The molecule has 2 aromatic carbocycles. The maximum atomic E-state index is 13.9. The van der Waals surface area contributed by atoms with Gasteiger partial charge in [0.05, 0.1) is 17.6 Å². The first kappa shape index (κ1) is 43.8. The molecule has 0 bridgehead atoms. The van der Waals surface area contributed by atoms with E-state index in [0.717, 1.165) is 36.0 Å². The van der Waals surface area contributed by atoms with Crippen LogP contribution in [0.15, 0.2) is 55.6 Å². The molecule has 283 valence electrons. The van der Waals surface area contributed by atoms with E-state index in [-0.39, 0.29) is 63.7 Å². The van der Waals surface area contributed by atoms with Crippen molar-refractivity contribution in [2.45, 2.75) is 84.0 Å². The number of anilines is 2. The predicted molar refractivity (Wildman–Crippen MR) is 193 cm³/mol. The summed E-state index contributed by atoms with van der Waals surface area (Å²) in [6, 6.07) is 4.55. The minimum atomic E-state index is -0.804. The molecule has 0 saturated carbocycles. The normalized spacial score (nSPS) is 17.0. The van der Waals surface area contributed by atoms with Crippen molar-refractivity contribution in [3.8, 4) is 0 Å². The number of halogens is 4. The van der Waals surface area contributed by atoms with Gasteiger partial charge in [-0.05, 0) is 65.5 Å². The number of H-pyrrole nitrogens is 2. The topological polar surface area (TPSA) is 160 Å². The van der Waals surface area contributed by atoms with Gasteiger partial charge in [-0.15, -0.1) is 0 Å². The Bertz CT molecular complexity index is 2220. The Hall–Kier alpha value is -4.59. The number of hydrogen-bond acceptors (Lipinski definition) is 8. The number of hydrogen-bond donors (Lipinski definition) is 4. The summed E-state index contributed by atoms with van der Waals surface area (Å²) >= 11 is 0. The average molecular weight is 748 g/mol. The minimum absolute atomic E-state index is 0. The molecular weight excluding hydrogens is 706 g/mol. The molecule has 1 saturated heterocycles. The number of nitrogens with one attached hydrogen (secondary N) is 4. The van der Waals surface area contributed by atoms with Crippen LogP contribution < -0.4 is 52.0 Å². The fourth-order valence-electron chi connectivity index (χ4n) is 6.34. The number of nitrogens with zero attached hydrogens (tertiary/aromatic N) is 2. The van der Waals surface area contributed by atoms with Crippen molar-refractivity contribution in [3.05, 3.63) is 124 Å². The predicted octanol–water partition coefficient (Wildman–Crippen LogP) is 2.16. The first-order valence-electron chi connectivity index (χ1n) is 17.0. The van der Waals surface area contributed by atoms with Gasteiger partial charge in [0.1, 0.15) is 40.5 Å². The summed E-state index contributed by atoms with van der Waals surface area (Å²) in [6.07, 6.45) is 3.27. The van der Waals surface area contributed by atoms with Gasteiger partial charge in [-0.2, -0.15) is 0 Å². The molecule has 3 aliphatic heterocycles. The molecule has 2 aromatic heterocycles. The van der Waals surface area contributed by atoms with Gasteiger partial charge in [0.15, 0.2) is 5.78 Å². The molecule has 0 spiro atoms. The van der Waals surface area contributed by atoms with E-state index in [1.807, 2.05) is 0 Å². The molecule has 5 heterocycles. The number of aromatic amines is 2. The fourth-order valence-corrected chi connectivity index (χ4v) is 6.34. The number of ketones is 1. The standard InChI is InChI=1S/C16H15F2N3O3.C16H17F2N3O2.C4H8O.B.Li.H/c1-7(2)21-15(23)13-12(22)6-11(19-14(13)20-16(21)24)9-4-3-8(17)5-10(9)18;1-8(2)21-15(22)11-5-6-13(19-14(11)20-16(21)23)10-4-3-9(17)7-12(10)18;1-2-4-5-3-1;;;/h3-5,7,11,19H,6H2,1-2H3,(H,20,24);3-4,7-8,13,19H,5-6H2,1-2H3,(H,20,23);1-4H2;;;/q;;;;+1;-1/t11-;13-;;;;/m11..../s1. The first-order chi connectivity index (χ1) is 24.7. The van der Waals surface area contributed by atoms with E-state index in [1.54, 1.807) is 27.7 Å². The summed E-state index contributed by atoms with van der Waals surface area (Å²) in [5.74, 6) is -3.05. The quantitative estimate of drug-likeness (QED) is 0.183. The van der Waals surface area contributed by atoms with Gasteiger partial charge in [0.2, 0.25) is 0 Å². The Morgan fingerprint density at radius 2 is 1.20 bits per heavy atom. The van der Waals surface area contributed by atoms with E-state index in [1.165, 1.54) is 35.6 Å². The molecule has 0 amide bonds. The van der Waals surface area contributed by atoms with E-state index < -0.39 is 64.1 Å². The molecule has 12 nitrogen and oxygen atoms in total. The summed E-state index contributed by atoms with van der Waals surface area (Å²) in [6.45, 7) is 8.83. The Labute approximate surface area is 323 Å². The van der Waals surface area contributed by atoms with Crippen molar-refractivity contribution in [2.24, 2.45) is 0 Å². The molecule has 1 fully saturated rings. The molecule has 3 radical (unpaired) electrons. The average Bonchev–Trinajstić information content (AvgIpc) is 3.65. The number of ether oxygens (including phenoxy) is 1. The van der Waals surface area contributed by atoms with Crippen molar-refractivity contribution in [3.63, 3.8) is 0 Å². The molecule has 0 unspecified atom stereocenters. The molecular formula is C36H41BF4LiN6O6. The van der Waals surface area contributed by atoms with Crippen LogP contribution in [-0.2, 0) is 11.2 Å². The number of Topliss-reactive ketones (excluding diaryl/α,β-unsaturated/α-hetero) is 1. The van der Waals surface area contributed by atoms with Gasteiger partial charge in [-0.25, -0.2) is 27.2 Å². The maximum Gasteiger partial charge on any atom is 1.00 e. The molecule has 18 heteroatoms. The van der Waals surface area contributed by atoms with Crippen molar-refractivity contribution >= 4 is 25.8 Å². The van der Waals surface area contributed by atoms with Crippen LogP contribution in [0.2, 0.25) is 0 Å². The number of carbonyl (C=O) groups excluding carboxylic acids is 1. The molecule has 0 aliphatic carbocycles. The van der Waals surface area contributed by atoms with Gasteiger partial charge >= 0.3 is 30.2 Å². The zero-order chi connectivity index (χ0) is 37.9. The van der Waals surface area contributed by atoms with Gasteiger partial charge in [0, 0.05) is 63.4 Å². The third-order valence-electron chi connectivity index (χ3n) is 8.89. The number of aromatic nitrogens is 4. The van der Waals surface area contributed by atoms with Gasteiger partial charge < -0.3 is 16.8 Å². The number of rotatable bonds is 4. The summed E-state index contributed by atoms with van der Waals surface area (Å²) < 4.78 is 61.0. The number of benzene rings is 2. The van der Waals surface area contributed by atoms with Crippen LogP contribution in [0.5, 0.6) is 0 Å². The largest absolute Gasteiger partial charge is 1.00 e. The first-order valence-corrected chi connectivity index (χ1v) is 17.0. The van der Waals surface area contributed by atoms with E-state index in [4.69, 9.17) is 4.74 Å². The second-order valence-electron chi connectivity index (χ2n) is 13.2. The Kier molecular flexibility index (Phi) is 15.1. The minimum Gasteiger partial charge on any atom is -1.00 e. The smallest absolute Gasteiger partial charge is 1.00 e. The Morgan fingerprint density at radius 1 is 0.722 bits per heavy atom. The molecule has 7 rings (SSSR count). The SMILES string of the molecule is C1CCOC1.CC(C)n1c(=O)[nH]c2c(c1=O)C(=O)C[C@H](c1ccc(F)cc1F)N2.CC(C)n1c(=O)[nH]c2c(c1=O)CC[C@H](c1ccc(F)cc1F)N2.[B].[H-].[Li+]. The second-order valence-corrected chi connectivity index (χ2v) is 13.2. The van der Waals surface area contributed by atoms with E-state index in [0.29, 0.717) is 29.8 Å². The van der Waals surface area contributed by atoms with Crippen LogP contribution in [0.3, 0.4) is 0 Å². The van der Waals surface area contributed by atoms with Crippen molar-refractivity contribution in [2.75, 3.05) is 23.8 Å². The van der Waals surface area contributed by atoms with Crippen molar-refractivity contribution in [1.82, 2.24) is 19.1 Å². The van der Waals surface area contributed by atoms with Crippen molar-refractivity contribution in [1.29, 1.82) is 0 Å². The van der Waals surface area contributed by atoms with Crippen molar-refractivity contribution < 1.29 is 47.4 Å². The molecule has 3 aliphatic rings. The number of carbonyl (C=O) groups is 1. The third kappa shape index (κ3) is 9.55. The van der Waals surface area contributed by atoms with E-state index in [2.05, 4.69) is 20.6 Å². The van der Waals surface area contributed by atoms with Crippen LogP contribution in [0, 0.1) is 23.3 Å². The summed E-state index contributed by atoms with van der Waals surface area (Å²) in [4.78, 5) is 66.4. The monoisotopic (exact) mass is 747 g/mol. The van der Waals surface area contributed by atoms with Crippen LogP contribution in [-0.4, -0.2) is 46.5 Å². The Balaban J connectivity index is 0.000000321. The second kappa shape index (κ2) is 18.6. The van der Waals surface area contributed by atoms with Gasteiger partial charge in [-0.1, -0.05) is 12.1 Å². The van der Waals surface area contributed by atoms with E-state index >= 15 is 0 Å². The molecule has 54 heavy (non-hydrogen) atoms. The molecule has 4 aromatic rings. The maximum absolute atomic E-state index is 13.9. The summed E-state index contributed by atoms with van der Waals surface area (Å²) in [5.41, 5.74) is -1.44. The summed E-state index contributed by atoms with van der Waals surface area (Å²) in [5, 5.41) is 5.79. The van der Waals surface area contributed by atoms with Crippen LogP contribution in [0.25, 0.3) is 0 Å². The third-order valence-corrected chi connectivity index (χ3v) is 8.89. The molecule has 4 N–H and O–H groups in total. The Morgan fingerprint density at radius 3 is 1.69 bits per heavy atom. The zero-order valence-electron chi connectivity index (χ0n) is 31.7. The number of fused-ring (bicyclic) bond motifs is 2. The fraction of sp³-hybridized carbons (Fsp3) is 0.417. The van der Waals surface area contributed by atoms with E-state index in [9.17, 15) is 41.5 Å². The van der Waals surface area contributed by atoms with Crippen LogP contribution >= 0.6 is 0 Å². The van der Waals surface area contributed by atoms with Gasteiger partial charge in [-0.3, -0.25) is 33.5 Å². The van der Waals surface area contributed by atoms with Gasteiger partial charge in [0.25, 0.3) is 11.1 Å². The molecule has 2 atom stereocenters.